The molecule has 2 aromatic heterocycles. The quantitative estimate of drug-likeness (QED) is 0.507. The van der Waals surface area contributed by atoms with Crippen LogP contribution in [-0.4, -0.2) is 61.9 Å². The van der Waals surface area contributed by atoms with E-state index in [1.807, 2.05) is 30.3 Å². The maximum Gasteiger partial charge on any atom is 0.256 e. The standard InChI is InChI=1S/C22H20FN7O/c23-18-9-5-4-8-17(18)22(31)29-12-10-28(11-13-29)20-19-21(25-15-24-20)30(27-26-19)14-16-6-2-1-3-7-16/h1-9,15H,10-14H2. The van der Waals surface area contributed by atoms with E-state index in [4.69, 9.17) is 0 Å². The number of benzene rings is 2. The first-order valence-electron chi connectivity index (χ1n) is 10.1. The summed E-state index contributed by atoms with van der Waals surface area (Å²) in [4.78, 5) is 25.2. The summed E-state index contributed by atoms with van der Waals surface area (Å²) in [5, 5.41) is 8.59. The van der Waals surface area contributed by atoms with E-state index < -0.39 is 5.82 Å². The Hall–Kier alpha value is -3.88. The minimum Gasteiger partial charge on any atom is -0.351 e. The summed E-state index contributed by atoms with van der Waals surface area (Å²) in [6, 6.07) is 16.1. The number of halogens is 1. The second-order valence-corrected chi connectivity index (χ2v) is 7.36. The summed E-state index contributed by atoms with van der Waals surface area (Å²) in [6.45, 7) is 2.64. The summed E-state index contributed by atoms with van der Waals surface area (Å²) < 4.78 is 15.7. The lowest BCUT2D eigenvalue weighted by Gasteiger charge is -2.35. The van der Waals surface area contributed by atoms with Crippen LogP contribution in [0.15, 0.2) is 60.9 Å². The van der Waals surface area contributed by atoms with Crippen molar-refractivity contribution in [3.05, 3.63) is 77.9 Å². The molecule has 1 amide bonds. The van der Waals surface area contributed by atoms with Gasteiger partial charge in [-0.25, -0.2) is 19.0 Å². The number of hydrogen-bond acceptors (Lipinski definition) is 6. The van der Waals surface area contributed by atoms with Gasteiger partial charge in [0.25, 0.3) is 5.91 Å². The van der Waals surface area contributed by atoms with Crippen molar-refractivity contribution in [3.63, 3.8) is 0 Å². The van der Waals surface area contributed by atoms with Crippen molar-refractivity contribution in [2.45, 2.75) is 6.54 Å². The van der Waals surface area contributed by atoms with Crippen molar-refractivity contribution in [1.82, 2.24) is 29.9 Å². The minimum atomic E-state index is -0.498. The Balaban J connectivity index is 1.33. The zero-order chi connectivity index (χ0) is 21.2. The van der Waals surface area contributed by atoms with Crippen LogP contribution in [0.4, 0.5) is 10.2 Å². The van der Waals surface area contributed by atoms with E-state index in [0.717, 1.165) is 5.56 Å². The van der Waals surface area contributed by atoms with Gasteiger partial charge in [-0.3, -0.25) is 4.79 Å². The second kappa shape index (κ2) is 8.10. The Labute approximate surface area is 177 Å². The van der Waals surface area contributed by atoms with Crippen molar-refractivity contribution in [2.24, 2.45) is 0 Å². The molecule has 31 heavy (non-hydrogen) atoms. The second-order valence-electron chi connectivity index (χ2n) is 7.36. The molecule has 9 heteroatoms. The highest BCUT2D eigenvalue weighted by atomic mass is 19.1. The number of nitrogens with zero attached hydrogens (tertiary/aromatic N) is 7. The lowest BCUT2D eigenvalue weighted by atomic mass is 10.1. The normalized spacial score (nSPS) is 14.2. The Morgan fingerprint density at radius 3 is 2.45 bits per heavy atom. The number of anilines is 1. The Morgan fingerprint density at radius 2 is 1.68 bits per heavy atom. The molecular weight excluding hydrogens is 397 g/mol. The van der Waals surface area contributed by atoms with Gasteiger partial charge < -0.3 is 9.80 Å². The number of rotatable bonds is 4. The van der Waals surface area contributed by atoms with Gasteiger partial charge in [0.15, 0.2) is 17.0 Å². The highest BCUT2D eigenvalue weighted by Crippen LogP contribution is 2.23. The van der Waals surface area contributed by atoms with Crippen molar-refractivity contribution in [3.8, 4) is 0 Å². The average molecular weight is 417 g/mol. The molecule has 0 aliphatic carbocycles. The summed E-state index contributed by atoms with van der Waals surface area (Å²) in [6.07, 6.45) is 1.51. The summed E-state index contributed by atoms with van der Waals surface area (Å²) in [5.74, 6) is -0.0934. The van der Waals surface area contributed by atoms with Crippen molar-refractivity contribution >= 4 is 22.9 Å². The average Bonchev–Trinajstić information content (AvgIpc) is 3.23. The fraction of sp³-hybridized carbons (Fsp3) is 0.227. The fourth-order valence-electron chi connectivity index (χ4n) is 3.80. The van der Waals surface area contributed by atoms with Crippen LogP contribution in [-0.2, 0) is 6.54 Å². The smallest absolute Gasteiger partial charge is 0.256 e. The molecule has 8 nitrogen and oxygen atoms in total. The lowest BCUT2D eigenvalue weighted by Crippen LogP contribution is -2.49. The first-order chi connectivity index (χ1) is 15.2. The van der Waals surface area contributed by atoms with Crippen molar-refractivity contribution < 1.29 is 9.18 Å². The maximum absolute atomic E-state index is 14.0. The molecule has 3 heterocycles. The highest BCUT2D eigenvalue weighted by molar-refractivity contribution is 5.94. The number of piperazine rings is 1. The van der Waals surface area contributed by atoms with Crippen molar-refractivity contribution in [1.29, 1.82) is 0 Å². The number of hydrogen-bond donors (Lipinski definition) is 0. The summed E-state index contributed by atoms with van der Waals surface area (Å²) in [7, 11) is 0. The molecule has 156 valence electrons. The van der Waals surface area contributed by atoms with Crippen LogP contribution in [0.2, 0.25) is 0 Å². The van der Waals surface area contributed by atoms with E-state index in [9.17, 15) is 9.18 Å². The largest absolute Gasteiger partial charge is 0.351 e. The van der Waals surface area contributed by atoms with Crippen LogP contribution in [0, 0.1) is 5.82 Å². The van der Waals surface area contributed by atoms with Gasteiger partial charge in [0, 0.05) is 26.2 Å². The Morgan fingerprint density at radius 1 is 0.935 bits per heavy atom. The number of carbonyl (C=O) groups excluding carboxylic acids is 1. The van der Waals surface area contributed by atoms with E-state index in [2.05, 4.69) is 25.2 Å². The first-order valence-corrected chi connectivity index (χ1v) is 10.1. The predicted molar refractivity (Wildman–Crippen MR) is 113 cm³/mol. The predicted octanol–water partition coefficient (Wildman–Crippen LogP) is 2.37. The fourth-order valence-corrected chi connectivity index (χ4v) is 3.80. The van der Waals surface area contributed by atoms with Gasteiger partial charge in [-0.05, 0) is 17.7 Å². The third-order valence-electron chi connectivity index (χ3n) is 5.43. The highest BCUT2D eigenvalue weighted by Gasteiger charge is 2.26. The van der Waals surface area contributed by atoms with Crippen molar-refractivity contribution in [2.75, 3.05) is 31.1 Å². The molecule has 1 fully saturated rings. The van der Waals surface area contributed by atoms with Gasteiger partial charge in [-0.1, -0.05) is 47.7 Å². The molecule has 1 saturated heterocycles. The molecule has 1 aliphatic rings. The van der Waals surface area contributed by atoms with Crippen LogP contribution in [0.1, 0.15) is 15.9 Å². The molecule has 2 aromatic carbocycles. The molecule has 0 spiro atoms. The van der Waals surface area contributed by atoms with Crippen LogP contribution in [0.5, 0.6) is 0 Å². The molecule has 0 atom stereocenters. The number of fused-ring (bicyclic) bond motifs is 1. The van der Waals surface area contributed by atoms with Gasteiger partial charge in [0.1, 0.15) is 12.1 Å². The number of amides is 1. The molecule has 5 rings (SSSR count). The van der Waals surface area contributed by atoms with Crippen LogP contribution in [0.3, 0.4) is 0 Å². The van der Waals surface area contributed by atoms with E-state index >= 15 is 0 Å². The Bertz CT molecular complexity index is 1220. The van der Waals surface area contributed by atoms with E-state index in [1.165, 1.54) is 18.5 Å². The van der Waals surface area contributed by atoms with E-state index in [1.54, 1.807) is 21.7 Å². The van der Waals surface area contributed by atoms with Gasteiger partial charge >= 0.3 is 0 Å². The zero-order valence-corrected chi connectivity index (χ0v) is 16.7. The van der Waals surface area contributed by atoms with Crippen LogP contribution in [0.25, 0.3) is 11.2 Å². The summed E-state index contributed by atoms with van der Waals surface area (Å²) in [5.41, 5.74) is 2.50. The number of aromatic nitrogens is 5. The molecule has 0 unspecified atom stereocenters. The monoisotopic (exact) mass is 417 g/mol. The molecular formula is C22H20FN7O. The Kier molecular flexibility index (Phi) is 4.99. The molecule has 0 radical (unpaired) electrons. The molecule has 0 bridgehead atoms. The SMILES string of the molecule is O=C(c1ccccc1F)N1CCN(c2ncnc3c2nnn3Cc2ccccc2)CC1. The van der Waals surface area contributed by atoms with E-state index in [-0.39, 0.29) is 11.5 Å². The van der Waals surface area contributed by atoms with E-state index in [0.29, 0.717) is 49.7 Å². The van der Waals surface area contributed by atoms with Crippen LogP contribution < -0.4 is 4.90 Å². The topological polar surface area (TPSA) is 80.0 Å². The third-order valence-corrected chi connectivity index (χ3v) is 5.43. The van der Waals surface area contributed by atoms with Crippen LogP contribution >= 0.6 is 0 Å². The molecule has 0 saturated carbocycles. The number of carbonyl (C=O) groups is 1. The zero-order valence-electron chi connectivity index (χ0n) is 16.7. The minimum absolute atomic E-state index is 0.101. The lowest BCUT2D eigenvalue weighted by molar-refractivity contribution is 0.0742. The molecule has 0 N–H and O–H groups in total. The first kappa shape index (κ1) is 19.1. The van der Waals surface area contributed by atoms with Gasteiger partial charge in [-0.15, -0.1) is 5.10 Å². The maximum atomic E-state index is 14.0. The van der Waals surface area contributed by atoms with Gasteiger partial charge in [0.05, 0.1) is 12.1 Å². The third kappa shape index (κ3) is 3.70. The summed E-state index contributed by atoms with van der Waals surface area (Å²) >= 11 is 0. The van der Waals surface area contributed by atoms with Gasteiger partial charge in [0.2, 0.25) is 0 Å². The molecule has 1 aliphatic heterocycles. The molecule has 4 aromatic rings. The van der Waals surface area contributed by atoms with Gasteiger partial charge in [-0.2, -0.15) is 0 Å².